The van der Waals surface area contributed by atoms with Crippen molar-refractivity contribution in [2.24, 2.45) is 0 Å². The Labute approximate surface area is 103 Å². The number of ether oxygens (including phenoxy) is 1. The number of hydrogen-bond acceptors (Lipinski definition) is 4. The van der Waals surface area contributed by atoms with Gasteiger partial charge in [0, 0.05) is 6.54 Å². The van der Waals surface area contributed by atoms with E-state index in [1.54, 1.807) is 24.3 Å². The van der Waals surface area contributed by atoms with Crippen LogP contribution in [-0.4, -0.2) is 17.1 Å². The Morgan fingerprint density at radius 1 is 1.44 bits per heavy atom. The maximum Gasteiger partial charge on any atom is 0.419 e. The van der Waals surface area contributed by atoms with Gasteiger partial charge < -0.3 is 9.15 Å². The molecule has 0 aliphatic rings. The van der Waals surface area contributed by atoms with Gasteiger partial charge in [-0.25, -0.2) is 4.79 Å². The summed E-state index contributed by atoms with van der Waals surface area (Å²) in [5, 5.41) is 0. The van der Waals surface area contributed by atoms with E-state index < -0.39 is 11.7 Å². The first-order chi connectivity index (χ1) is 8.72. The lowest BCUT2D eigenvalue weighted by molar-refractivity contribution is -0.142. The fourth-order valence-corrected chi connectivity index (χ4v) is 1.62. The summed E-state index contributed by atoms with van der Waals surface area (Å²) in [6, 6.07) is 7.03. The standard InChI is InChI=1S/C13H11NO4/c1-2-9-17-12(15)7-8-14-10-5-3-4-6-11(10)18-13(14)16/h1,3-6H,7-9H2. The number of esters is 1. The lowest BCUT2D eigenvalue weighted by atomic mass is 10.3. The Hall–Kier alpha value is -2.48. The molecule has 0 saturated heterocycles. The van der Waals surface area contributed by atoms with Gasteiger partial charge in [-0.1, -0.05) is 18.1 Å². The van der Waals surface area contributed by atoms with E-state index in [1.165, 1.54) is 4.57 Å². The Morgan fingerprint density at radius 2 is 2.22 bits per heavy atom. The van der Waals surface area contributed by atoms with Crippen LogP contribution in [0.15, 0.2) is 33.5 Å². The number of carbonyl (C=O) groups is 1. The molecule has 0 saturated carbocycles. The average Bonchev–Trinajstić information content (AvgIpc) is 2.69. The van der Waals surface area contributed by atoms with Crippen LogP contribution in [0.5, 0.6) is 0 Å². The van der Waals surface area contributed by atoms with Crippen LogP contribution < -0.4 is 5.76 Å². The molecule has 2 rings (SSSR count). The summed E-state index contributed by atoms with van der Waals surface area (Å²) in [4.78, 5) is 22.9. The van der Waals surface area contributed by atoms with Gasteiger partial charge in [0.1, 0.15) is 0 Å². The highest BCUT2D eigenvalue weighted by Gasteiger charge is 2.10. The zero-order valence-corrected chi connectivity index (χ0v) is 9.59. The molecule has 92 valence electrons. The van der Waals surface area contributed by atoms with E-state index in [0.29, 0.717) is 11.1 Å². The summed E-state index contributed by atoms with van der Waals surface area (Å²) in [6.45, 7) is 0.152. The van der Waals surface area contributed by atoms with Gasteiger partial charge in [0.05, 0.1) is 11.9 Å². The Kier molecular flexibility index (Phi) is 3.49. The van der Waals surface area contributed by atoms with Crippen molar-refractivity contribution in [1.29, 1.82) is 0 Å². The summed E-state index contributed by atoms with van der Waals surface area (Å²) in [5.41, 5.74) is 1.16. The van der Waals surface area contributed by atoms with E-state index in [0.717, 1.165) is 0 Å². The lowest BCUT2D eigenvalue weighted by Crippen LogP contribution is -2.17. The first-order valence-corrected chi connectivity index (χ1v) is 5.40. The molecule has 0 N–H and O–H groups in total. The van der Waals surface area contributed by atoms with E-state index >= 15 is 0 Å². The Bertz CT molecular complexity index is 659. The molecular formula is C13H11NO4. The maximum atomic E-state index is 11.6. The largest absolute Gasteiger partial charge is 0.452 e. The third-order valence-corrected chi connectivity index (χ3v) is 2.43. The molecule has 0 atom stereocenters. The van der Waals surface area contributed by atoms with Crippen molar-refractivity contribution in [1.82, 2.24) is 4.57 Å². The van der Waals surface area contributed by atoms with E-state index in [4.69, 9.17) is 15.6 Å². The number of benzene rings is 1. The molecule has 0 unspecified atom stereocenters. The monoisotopic (exact) mass is 245 g/mol. The number of aryl methyl sites for hydroxylation is 1. The van der Waals surface area contributed by atoms with Gasteiger partial charge in [0.2, 0.25) is 0 Å². The first kappa shape index (κ1) is 12.0. The van der Waals surface area contributed by atoms with E-state index in [2.05, 4.69) is 5.92 Å². The van der Waals surface area contributed by atoms with Crippen LogP contribution in [-0.2, 0) is 16.1 Å². The molecule has 1 heterocycles. The normalized spacial score (nSPS) is 10.2. The third kappa shape index (κ3) is 2.43. The average molecular weight is 245 g/mol. The van der Waals surface area contributed by atoms with Crippen molar-refractivity contribution in [3.63, 3.8) is 0 Å². The number of oxazole rings is 1. The SMILES string of the molecule is C#CCOC(=O)CCn1c(=O)oc2ccccc21. The van der Waals surface area contributed by atoms with Crippen molar-refractivity contribution in [3.05, 3.63) is 34.8 Å². The summed E-state index contributed by atoms with van der Waals surface area (Å²) >= 11 is 0. The van der Waals surface area contributed by atoms with Crippen LogP contribution >= 0.6 is 0 Å². The van der Waals surface area contributed by atoms with Crippen molar-refractivity contribution in [3.8, 4) is 12.3 Å². The fraction of sp³-hybridized carbons (Fsp3) is 0.231. The summed E-state index contributed by atoms with van der Waals surface area (Å²) < 4.78 is 11.2. The molecule has 18 heavy (non-hydrogen) atoms. The highest BCUT2D eigenvalue weighted by atomic mass is 16.5. The second-order valence-corrected chi connectivity index (χ2v) is 3.60. The second kappa shape index (κ2) is 5.23. The quantitative estimate of drug-likeness (QED) is 0.599. The predicted octanol–water partition coefficient (Wildman–Crippen LogP) is 1.16. The summed E-state index contributed by atoms with van der Waals surface area (Å²) in [7, 11) is 0. The molecule has 2 aromatic rings. The number of nitrogens with zero attached hydrogens (tertiary/aromatic N) is 1. The Balaban J connectivity index is 2.13. The third-order valence-electron chi connectivity index (χ3n) is 2.43. The van der Waals surface area contributed by atoms with Gasteiger partial charge in [-0.2, -0.15) is 0 Å². The number of terminal acetylenes is 1. The second-order valence-electron chi connectivity index (χ2n) is 3.60. The number of para-hydroxylation sites is 2. The van der Waals surface area contributed by atoms with Crippen LogP contribution in [0, 0.1) is 12.3 Å². The van der Waals surface area contributed by atoms with Gasteiger partial charge in [-0.05, 0) is 12.1 Å². The molecule has 0 bridgehead atoms. The van der Waals surface area contributed by atoms with Crippen molar-refractivity contribution in [2.75, 3.05) is 6.61 Å². The van der Waals surface area contributed by atoms with Crippen LogP contribution in [0.25, 0.3) is 11.1 Å². The van der Waals surface area contributed by atoms with Gasteiger partial charge in [0.15, 0.2) is 12.2 Å². The Morgan fingerprint density at radius 3 is 3.00 bits per heavy atom. The molecule has 1 aromatic heterocycles. The number of fused-ring (bicyclic) bond motifs is 1. The fourth-order valence-electron chi connectivity index (χ4n) is 1.62. The van der Waals surface area contributed by atoms with Crippen LogP contribution in [0.1, 0.15) is 6.42 Å². The first-order valence-electron chi connectivity index (χ1n) is 5.40. The number of aromatic nitrogens is 1. The maximum absolute atomic E-state index is 11.6. The van der Waals surface area contributed by atoms with Gasteiger partial charge in [-0.15, -0.1) is 6.42 Å². The number of hydrogen-bond donors (Lipinski definition) is 0. The smallest absolute Gasteiger partial charge is 0.419 e. The topological polar surface area (TPSA) is 61.4 Å². The minimum Gasteiger partial charge on any atom is -0.452 e. The summed E-state index contributed by atoms with van der Waals surface area (Å²) in [5.74, 6) is 1.28. The lowest BCUT2D eigenvalue weighted by Gasteiger charge is -2.02. The van der Waals surface area contributed by atoms with Gasteiger partial charge >= 0.3 is 11.7 Å². The summed E-state index contributed by atoms with van der Waals surface area (Å²) in [6.07, 6.45) is 5.04. The van der Waals surface area contributed by atoms with Crippen molar-refractivity contribution < 1.29 is 13.9 Å². The molecule has 0 radical (unpaired) electrons. The molecule has 0 spiro atoms. The minimum absolute atomic E-state index is 0.0557. The number of carbonyl (C=O) groups excluding carboxylic acids is 1. The molecule has 0 aliphatic heterocycles. The molecule has 5 heteroatoms. The predicted molar refractivity (Wildman–Crippen MR) is 64.9 cm³/mol. The van der Waals surface area contributed by atoms with Gasteiger partial charge in [-0.3, -0.25) is 9.36 Å². The van der Waals surface area contributed by atoms with Crippen LogP contribution in [0.3, 0.4) is 0 Å². The number of rotatable bonds is 4. The zero-order chi connectivity index (χ0) is 13.0. The molecule has 0 amide bonds. The molecule has 1 aromatic carbocycles. The molecule has 0 fully saturated rings. The highest BCUT2D eigenvalue weighted by Crippen LogP contribution is 2.11. The van der Waals surface area contributed by atoms with Crippen molar-refractivity contribution >= 4 is 17.1 Å². The van der Waals surface area contributed by atoms with E-state index in [-0.39, 0.29) is 19.6 Å². The van der Waals surface area contributed by atoms with Crippen LogP contribution in [0.2, 0.25) is 0 Å². The highest BCUT2D eigenvalue weighted by molar-refractivity contribution is 5.73. The zero-order valence-electron chi connectivity index (χ0n) is 9.59. The van der Waals surface area contributed by atoms with E-state index in [9.17, 15) is 9.59 Å². The van der Waals surface area contributed by atoms with E-state index in [1.807, 2.05) is 0 Å². The van der Waals surface area contributed by atoms with Gasteiger partial charge in [0.25, 0.3) is 0 Å². The molecule has 0 aliphatic carbocycles. The van der Waals surface area contributed by atoms with Crippen LogP contribution in [0.4, 0.5) is 0 Å². The minimum atomic E-state index is -0.485. The van der Waals surface area contributed by atoms with Crippen molar-refractivity contribution in [2.45, 2.75) is 13.0 Å². The molecule has 5 nitrogen and oxygen atoms in total. The molecular weight excluding hydrogens is 234 g/mol.